The summed E-state index contributed by atoms with van der Waals surface area (Å²) in [4.78, 5) is 25.7. The van der Waals surface area contributed by atoms with E-state index in [4.69, 9.17) is 10.5 Å². The van der Waals surface area contributed by atoms with Gasteiger partial charge in [-0.1, -0.05) is 91.0 Å². The quantitative estimate of drug-likeness (QED) is 0.402. The van der Waals surface area contributed by atoms with E-state index in [-0.39, 0.29) is 5.91 Å². The van der Waals surface area contributed by atoms with E-state index in [1.165, 1.54) is 0 Å². The number of primary amides is 1. The third-order valence-electron chi connectivity index (χ3n) is 6.37. The molecule has 0 radical (unpaired) electrons. The number of ether oxygens (including phenoxy) is 1. The fraction of sp³-hybridized carbons (Fsp3) is 0.133. The molecule has 0 unspecified atom stereocenters. The van der Waals surface area contributed by atoms with E-state index in [1.54, 1.807) is 0 Å². The zero-order valence-corrected chi connectivity index (χ0v) is 19.2. The molecule has 1 atom stereocenters. The summed E-state index contributed by atoms with van der Waals surface area (Å²) < 4.78 is 5.84. The minimum absolute atomic E-state index is 0.228. The van der Waals surface area contributed by atoms with Crippen molar-refractivity contribution in [1.29, 1.82) is 0 Å². The van der Waals surface area contributed by atoms with Crippen molar-refractivity contribution in [2.45, 2.75) is 25.0 Å². The summed E-state index contributed by atoms with van der Waals surface area (Å²) in [5.41, 5.74) is 11.6. The molecule has 4 aromatic carbocycles. The Hall–Kier alpha value is -4.38. The van der Waals surface area contributed by atoms with Gasteiger partial charge in [0.2, 0.25) is 11.8 Å². The van der Waals surface area contributed by atoms with Gasteiger partial charge >= 0.3 is 0 Å². The number of nitrogens with two attached hydrogens (primary N) is 1. The molecule has 0 fully saturated rings. The van der Waals surface area contributed by atoms with Crippen molar-refractivity contribution >= 4 is 11.8 Å². The van der Waals surface area contributed by atoms with E-state index in [0.29, 0.717) is 13.0 Å². The Kier molecular flexibility index (Phi) is 6.31. The van der Waals surface area contributed by atoms with Crippen molar-refractivity contribution in [3.63, 3.8) is 0 Å². The Morgan fingerprint density at radius 3 is 1.91 bits per heavy atom. The Bertz CT molecular complexity index is 1300. The number of hydrogen-bond acceptors (Lipinski definition) is 3. The van der Waals surface area contributed by atoms with Crippen LogP contribution in [0.5, 0.6) is 5.75 Å². The van der Waals surface area contributed by atoms with Crippen molar-refractivity contribution in [3.8, 4) is 16.9 Å². The van der Waals surface area contributed by atoms with Crippen LogP contribution >= 0.6 is 0 Å². The fourth-order valence-electron chi connectivity index (χ4n) is 4.61. The van der Waals surface area contributed by atoms with Crippen molar-refractivity contribution in [3.05, 3.63) is 125 Å². The molecule has 1 aliphatic rings. The van der Waals surface area contributed by atoms with Crippen LogP contribution in [0.25, 0.3) is 11.1 Å². The lowest BCUT2D eigenvalue weighted by Crippen LogP contribution is -2.47. The second-order valence-corrected chi connectivity index (χ2v) is 8.69. The van der Waals surface area contributed by atoms with Gasteiger partial charge in [0.15, 0.2) is 0 Å². The number of carbonyl (C=O) groups excluding carboxylic acids is 2. The van der Waals surface area contributed by atoms with Crippen LogP contribution in [0, 0.1) is 0 Å². The van der Waals surface area contributed by atoms with Gasteiger partial charge in [-0.3, -0.25) is 9.59 Å². The number of nitrogens with one attached hydrogen (secondary N) is 1. The second-order valence-electron chi connectivity index (χ2n) is 8.69. The molecule has 0 saturated carbocycles. The first-order chi connectivity index (χ1) is 17.1. The molecule has 0 aliphatic heterocycles. The third kappa shape index (κ3) is 4.80. The Morgan fingerprint density at radius 1 is 0.743 bits per heavy atom. The molecular formula is C30H26N2O3. The molecule has 1 aliphatic carbocycles. The van der Waals surface area contributed by atoms with E-state index in [9.17, 15) is 9.59 Å². The molecule has 174 valence electrons. The Balaban J connectivity index is 1.28. The number of carbonyl (C=O) groups is 2. The number of amides is 2. The van der Waals surface area contributed by atoms with E-state index in [0.717, 1.165) is 39.1 Å². The minimum Gasteiger partial charge on any atom is -0.489 e. The third-order valence-corrected chi connectivity index (χ3v) is 6.37. The standard InChI is InChI=1S/C30H26N2O3/c31-29(33)27(18-20-14-16-22(17-15-20)35-19-21-8-2-1-3-9-21)32-30(34)28-25-12-6-4-10-23(25)24-11-5-7-13-26(24)28/h1-17,27-28H,18-19H2,(H2,31,33)(H,32,34)/t27-/m1/s1. The molecule has 35 heavy (non-hydrogen) atoms. The first-order valence-electron chi connectivity index (χ1n) is 11.6. The SMILES string of the molecule is NC(=O)[C@@H](Cc1ccc(OCc2ccccc2)cc1)NC(=O)C1c2ccccc2-c2ccccc21. The highest BCUT2D eigenvalue weighted by atomic mass is 16.5. The molecule has 2 amide bonds. The molecule has 0 aromatic heterocycles. The predicted octanol–water partition coefficient (Wildman–Crippen LogP) is 4.59. The Labute approximate surface area is 204 Å². The molecule has 0 heterocycles. The van der Waals surface area contributed by atoms with Crippen LogP contribution in [-0.2, 0) is 22.6 Å². The lowest BCUT2D eigenvalue weighted by Gasteiger charge is -2.20. The van der Waals surface area contributed by atoms with E-state index >= 15 is 0 Å². The van der Waals surface area contributed by atoms with Gasteiger partial charge in [-0.05, 0) is 45.5 Å². The first-order valence-corrected chi connectivity index (χ1v) is 11.6. The highest BCUT2D eigenvalue weighted by Gasteiger charge is 2.34. The van der Waals surface area contributed by atoms with Crippen molar-refractivity contribution in [2.75, 3.05) is 0 Å². The van der Waals surface area contributed by atoms with Crippen LogP contribution in [-0.4, -0.2) is 17.9 Å². The van der Waals surface area contributed by atoms with Gasteiger partial charge in [0, 0.05) is 6.42 Å². The van der Waals surface area contributed by atoms with Gasteiger partial charge in [0.05, 0.1) is 5.92 Å². The zero-order chi connectivity index (χ0) is 24.2. The average Bonchev–Trinajstić information content (AvgIpc) is 3.23. The monoisotopic (exact) mass is 462 g/mol. The molecule has 0 bridgehead atoms. The van der Waals surface area contributed by atoms with Gasteiger partial charge in [-0.25, -0.2) is 0 Å². The van der Waals surface area contributed by atoms with Crippen molar-refractivity contribution < 1.29 is 14.3 Å². The summed E-state index contributed by atoms with van der Waals surface area (Å²) in [5, 5.41) is 2.91. The minimum atomic E-state index is -0.821. The molecular weight excluding hydrogens is 436 g/mol. The van der Waals surface area contributed by atoms with Crippen molar-refractivity contribution in [2.24, 2.45) is 5.73 Å². The summed E-state index contributed by atoms with van der Waals surface area (Å²) >= 11 is 0. The highest BCUT2D eigenvalue weighted by molar-refractivity contribution is 5.98. The number of fused-ring (bicyclic) bond motifs is 3. The maximum atomic E-state index is 13.4. The normalized spacial score (nSPS) is 12.9. The lowest BCUT2D eigenvalue weighted by atomic mass is 9.95. The highest BCUT2D eigenvalue weighted by Crippen LogP contribution is 2.44. The lowest BCUT2D eigenvalue weighted by molar-refractivity contribution is -0.127. The molecule has 5 nitrogen and oxygen atoms in total. The smallest absolute Gasteiger partial charge is 0.240 e. The summed E-state index contributed by atoms with van der Waals surface area (Å²) in [5.74, 6) is -0.536. The fourth-order valence-corrected chi connectivity index (χ4v) is 4.61. The van der Waals surface area contributed by atoms with Gasteiger partial charge in [0.25, 0.3) is 0 Å². The van der Waals surface area contributed by atoms with E-state index in [1.807, 2.05) is 103 Å². The van der Waals surface area contributed by atoms with Gasteiger partial charge in [-0.2, -0.15) is 0 Å². The number of rotatable bonds is 8. The van der Waals surface area contributed by atoms with Gasteiger partial charge < -0.3 is 15.8 Å². The largest absolute Gasteiger partial charge is 0.489 e. The summed E-state index contributed by atoms with van der Waals surface area (Å²) in [6.07, 6.45) is 0.302. The average molecular weight is 463 g/mol. The van der Waals surface area contributed by atoms with Gasteiger partial charge in [-0.15, -0.1) is 0 Å². The summed E-state index contributed by atoms with van der Waals surface area (Å²) in [6, 6.07) is 32.4. The molecule has 5 rings (SSSR count). The van der Waals surface area contributed by atoms with Crippen LogP contribution in [0.4, 0.5) is 0 Å². The maximum absolute atomic E-state index is 13.4. The molecule has 4 aromatic rings. The maximum Gasteiger partial charge on any atom is 0.240 e. The van der Waals surface area contributed by atoms with Crippen LogP contribution in [0.3, 0.4) is 0 Å². The number of hydrogen-bond donors (Lipinski definition) is 2. The van der Waals surface area contributed by atoms with Crippen LogP contribution in [0.2, 0.25) is 0 Å². The first kappa shape index (κ1) is 22.4. The molecule has 0 spiro atoms. The van der Waals surface area contributed by atoms with Crippen LogP contribution < -0.4 is 15.8 Å². The molecule has 5 heteroatoms. The topological polar surface area (TPSA) is 81.4 Å². The molecule has 3 N–H and O–H groups in total. The number of benzene rings is 4. The zero-order valence-electron chi connectivity index (χ0n) is 19.2. The summed E-state index contributed by atoms with van der Waals surface area (Å²) in [6.45, 7) is 0.477. The van der Waals surface area contributed by atoms with Gasteiger partial charge in [0.1, 0.15) is 18.4 Å². The summed E-state index contributed by atoms with van der Waals surface area (Å²) in [7, 11) is 0. The predicted molar refractivity (Wildman–Crippen MR) is 136 cm³/mol. The van der Waals surface area contributed by atoms with Crippen LogP contribution in [0.1, 0.15) is 28.2 Å². The second kappa shape index (κ2) is 9.85. The van der Waals surface area contributed by atoms with E-state index < -0.39 is 17.9 Å². The Morgan fingerprint density at radius 2 is 1.31 bits per heavy atom. The van der Waals surface area contributed by atoms with E-state index in [2.05, 4.69) is 5.32 Å². The van der Waals surface area contributed by atoms with Crippen LogP contribution in [0.15, 0.2) is 103 Å². The molecule has 0 saturated heterocycles. The van der Waals surface area contributed by atoms with Crippen molar-refractivity contribution in [1.82, 2.24) is 5.32 Å².